The Bertz CT molecular complexity index is 1780. The minimum atomic E-state index is -0.910. The zero-order chi connectivity index (χ0) is 28.7. The van der Waals surface area contributed by atoms with E-state index in [0.29, 0.717) is 40.8 Å². The number of methoxy groups -OCH3 is 1. The molecule has 0 amide bonds. The van der Waals surface area contributed by atoms with E-state index in [1.807, 2.05) is 42.6 Å². The number of fused-ring (bicyclic) bond motifs is 1. The van der Waals surface area contributed by atoms with Gasteiger partial charge in [-0.3, -0.25) is 9.59 Å². The Morgan fingerprint density at radius 3 is 2.61 bits per heavy atom. The van der Waals surface area contributed by atoms with Crippen LogP contribution in [0.1, 0.15) is 53.2 Å². The number of carbonyl (C=O) groups excluding carboxylic acids is 2. The summed E-state index contributed by atoms with van der Waals surface area (Å²) in [5.41, 5.74) is 4.07. The minimum absolute atomic E-state index is 0.0259. The van der Waals surface area contributed by atoms with Gasteiger partial charge in [0.1, 0.15) is 17.9 Å². The van der Waals surface area contributed by atoms with Gasteiger partial charge < -0.3 is 19.2 Å². The van der Waals surface area contributed by atoms with Crippen molar-refractivity contribution >= 4 is 34.1 Å². The number of benzene rings is 2. The van der Waals surface area contributed by atoms with Crippen molar-refractivity contribution in [2.75, 3.05) is 7.11 Å². The summed E-state index contributed by atoms with van der Waals surface area (Å²) in [5.74, 6) is -0.878. The van der Waals surface area contributed by atoms with Gasteiger partial charge in [-0.2, -0.15) is 0 Å². The minimum Gasteiger partial charge on any atom is -0.497 e. The van der Waals surface area contributed by atoms with E-state index in [2.05, 4.69) is 5.32 Å². The fraction of sp³-hybridized carbons (Fsp3) is 0.242. The van der Waals surface area contributed by atoms with Crippen molar-refractivity contribution in [2.24, 2.45) is 0 Å². The summed E-state index contributed by atoms with van der Waals surface area (Å²) < 4.78 is 16.9. The van der Waals surface area contributed by atoms with Gasteiger partial charge in [-0.25, -0.2) is 4.79 Å². The lowest BCUT2D eigenvalue weighted by Crippen LogP contribution is -2.37. The van der Waals surface area contributed by atoms with Crippen LogP contribution in [0.5, 0.6) is 5.75 Å². The second-order valence-corrected chi connectivity index (χ2v) is 11.5. The first kappa shape index (κ1) is 26.8. The first-order chi connectivity index (χ1) is 19.8. The van der Waals surface area contributed by atoms with Crippen LogP contribution in [-0.4, -0.2) is 18.9 Å². The first-order valence-corrected chi connectivity index (χ1v) is 14.3. The Kier molecular flexibility index (Phi) is 7.09. The molecule has 6 rings (SSSR count). The number of Topliss-reactive ketones (excluding diaryl/α,β-unsaturated/α-hetero) is 1. The lowest BCUT2D eigenvalue weighted by atomic mass is 9.73. The van der Waals surface area contributed by atoms with E-state index < -0.39 is 11.9 Å². The largest absolute Gasteiger partial charge is 0.497 e. The highest BCUT2D eigenvalue weighted by molar-refractivity contribution is 7.10. The molecule has 0 bridgehead atoms. The first-order valence-electron chi connectivity index (χ1n) is 13.4. The van der Waals surface area contributed by atoms with Crippen LogP contribution in [0.25, 0.3) is 11.0 Å². The van der Waals surface area contributed by atoms with E-state index in [4.69, 9.17) is 13.9 Å². The number of nitrogens with one attached hydrogen (secondary N) is 1. The number of dihydropyridines is 1. The number of carbonyl (C=O) groups is 2. The van der Waals surface area contributed by atoms with Gasteiger partial charge >= 0.3 is 5.97 Å². The quantitative estimate of drug-likeness (QED) is 0.274. The third kappa shape index (κ3) is 5.00. The predicted molar refractivity (Wildman–Crippen MR) is 157 cm³/mol. The molecule has 0 radical (unpaired) electrons. The van der Waals surface area contributed by atoms with E-state index >= 15 is 0 Å². The molecule has 208 valence electrons. The van der Waals surface area contributed by atoms with Crippen LogP contribution in [0.4, 0.5) is 0 Å². The number of aryl methyl sites for hydroxylation is 1. The molecule has 1 N–H and O–H groups in total. The van der Waals surface area contributed by atoms with Crippen LogP contribution in [0, 0.1) is 6.92 Å². The second kappa shape index (κ2) is 10.9. The van der Waals surface area contributed by atoms with Gasteiger partial charge in [-0.15, -0.1) is 11.3 Å². The van der Waals surface area contributed by atoms with E-state index in [1.54, 1.807) is 49.6 Å². The maximum absolute atomic E-state index is 13.9. The van der Waals surface area contributed by atoms with Crippen LogP contribution in [0.2, 0.25) is 0 Å². The molecule has 2 aliphatic rings. The molecule has 0 spiro atoms. The van der Waals surface area contributed by atoms with Gasteiger partial charge in [0.2, 0.25) is 0 Å². The Morgan fingerprint density at radius 2 is 1.88 bits per heavy atom. The summed E-state index contributed by atoms with van der Waals surface area (Å²) >= 11 is 1.62. The fourth-order valence-electron chi connectivity index (χ4n) is 5.75. The number of ether oxygens (including phenoxy) is 2. The number of hydrogen-bond acceptors (Lipinski definition) is 8. The van der Waals surface area contributed by atoms with E-state index in [1.165, 1.54) is 6.26 Å². The number of rotatable bonds is 6. The Morgan fingerprint density at radius 1 is 1.07 bits per heavy atom. The van der Waals surface area contributed by atoms with Gasteiger partial charge in [-0.05, 0) is 61.5 Å². The number of hydrogen-bond donors (Lipinski definition) is 1. The molecule has 8 heteroatoms. The highest BCUT2D eigenvalue weighted by atomic mass is 32.1. The molecular weight excluding hydrogens is 538 g/mol. The molecular formula is C33H29NO6S. The number of esters is 1. The predicted octanol–water partition coefficient (Wildman–Crippen LogP) is 6.28. The zero-order valence-corrected chi connectivity index (χ0v) is 23.8. The maximum atomic E-state index is 13.9. The Balaban J connectivity index is 1.43. The van der Waals surface area contributed by atoms with Crippen molar-refractivity contribution in [3.63, 3.8) is 0 Å². The second-order valence-electron chi connectivity index (χ2n) is 10.5. The fourth-order valence-corrected chi connectivity index (χ4v) is 6.58. The highest BCUT2D eigenvalue weighted by Crippen LogP contribution is 2.46. The molecule has 2 aromatic carbocycles. The Labute approximate surface area is 241 Å². The average molecular weight is 568 g/mol. The van der Waals surface area contributed by atoms with Crippen molar-refractivity contribution in [3.05, 3.63) is 121 Å². The topological polar surface area (TPSA) is 94.8 Å². The summed E-state index contributed by atoms with van der Waals surface area (Å²) in [6.07, 6.45) is 2.29. The van der Waals surface area contributed by atoms with Gasteiger partial charge in [0.05, 0.1) is 30.3 Å². The van der Waals surface area contributed by atoms with Crippen LogP contribution in [-0.2, 0) is 20.9 Å². The van der Waals surface area contributed by atoms with Gasteiger partial charge in [0.15, 0.2) is 11.2 Å². The van der Waals surface area contributed by atoms with E-state index in [0.717, 1.165) is 21.7 Å². The number of ketones is 1. The van der Waals surface area contributed by atoms with Crippen LogP contribution >= 0.6 is 11.3 Å². The molecule has 2 atom stereocenters. The van der Waals surface area contributed by atoms with Crippen LogP contribution in [0.3, 0.4) is 0 Å². The number of thiophene rings is 1. The van der Waals surface area contributed by atoms with Crippen molar-refractivity contribution in [1.82, 2.24) is 5.32 Å². The van der Waals surface area contributed by atoms with E-state index in [9.17, 15) is 14.4 Å². The number of allylic oxidation sites excluding steroid dienone is 3. The van der Waals surface area contributed by atoms with Crippen molar-refractivity contribution in [2.45, 2.75) is 45.1 Å². The standard InChI is InChI=1S/C33H29NO6S/c1-18-6-11-27-23(13-18)32(36)24(17-39-27)30-29(33(37)40-16-20-7-9-22(38-3)10-8-20)19(2)34-25-14-21(15-26(35)31(25)30)28-5-4-12-41-28/h4-13,17,21,30,34H,14-16H2,1-3H3/t21-,30-/m0/s1. The summed E-state index contributed by atoms with van der Waals surface area (Å²) in [7, 11) is 1.59. The zero-order valence-electron chi connectivity index (χ0n) is 23.0. The normalized spacial score (nSPS) is 18.8. The summed E-state index contributed by atoms with van der Waals surface area (Å²) in [4.78, 5) is 42.7. The summed E-state index contributed by atoms with van der Waals surface area (Å²) in [6.45, 7) is 3.71. The molecule has 0 unspecified atom stereocenters. The molecule has 1 aliphatic carbocycles. The summed E-state index contributed by atoms with van der Waals surface area (Å²) in [5, 5.41) is 5.76. The molecule has 4 aromatic rings. The van der Waals surface area contributed by atoms with Gasteiger partial charge in [0, 0.05) is 39.7 Å². The monoisotopic (exact) mass is 567 g/mol. The Hall–Kier alpha value is -4.43. The molecule has 41 heavy (non-hydrogen) atoms. The van der Waals surface area contributed by atoms with E-state index in [-0.39, 0.29) is 34.9 Å². The molecule has 0 saturated carbocycles. The third-order valence-electron chi connectivity index (χ3n) is 7.79. The lowest BCUT2D eigenvalue weighted by molar-refractivity contribution is -0.140. The van der Waals surface area contributed by atoms with Crippen LogP contribution in [0.15, 0.2) is 98.0 Å². The molecule has 0 fully saturated rings. The smallest absolute Gasteiger partial charge is 0.337 e. The molecule has 1 aliphatic heterocycles. The lowest BCUT2D eigenvalue weighted by Gasteiger charge is -2.36. The van der Waals surface area contributed by atoms with Gasteiger partial charge in [0.25, 0.3) is 0 Å². The molecule has 2 aromatic heterocycles. The van der Waals surface area contributed by atoms with Gasteiger partial charge in [-0.1, -0.05) is 29.8 Å². The van der Waals surface area contributed by atoms with Crippen molar-refractivity contribution in [3.8, 4) is 5.75 Å². The summed E-state index contributed by atoms with van der Waals surface area (Å²) in [6, 6.07) is 16.7. The molecule has 7 nitrogen and oxygen atoms in total. The highest BCUT2D eigenvalue weighted by Gasteiger charge is 2.43. The average Bonchev–Trinajstić information content (AvgIpc) is 3.51. The van der Waals surface area contributed by atoms with Crippen molar-refractivity contribution in [1.29, 1.82) is 0 Å². The SMILES string of the molecule is COc1ccc(COC(=O)C2=C(C)NC3=C(C(=O)C[C@@H](c4cccs4)C3)[C@H]2c2coc3ccc(C)cc3c2=O)cc1. The van der Waals surface area contributed by atoms with Crippen molar-refractivity contribution < 1.29 is 23.5 Å². The molecule has 0 saturated heterocycles. The third-order valence-corrected chi connectivity index (χ3v) is 8.82. The van der Waals surface area contributed by atoms with Crippen LogP contribution < -0.4 is 15.5 Å². The maximum Gasteiger partial charge on any atom is 0.337 e. The molecule has 3 heterocycles.